The normalized spacial score (nSPS) is 18.2. The van der Waals surface area contributed by atoms with E-state index in [1.807, 2.05) is 30.3 Å². The Hall–Kier alpha value is -2.74. The molecule has 1 heterocycles. The Kier molecular flexibility index (Phi) is 6.36. The zero-order chi connectivity index (χ0) is 21.8. The molecule has 0 spiro atoms. The number of para-hydroxylation sites is 1. The van der Waals surface area contributed by atoms with Gasteiger partial charge in [0.15, 0.2) is 15.5 Å². The molecular weight excluding hydrogens is 414 g/mol. The van der Waals surface area contributed by atoms with Gasteiger partial charge in [-0.25, -0.2) is 13.4 Å². The van der Waals surface area contributed by atoms with Crippen molar-refractivity contribution < 1.29 is 17.9 Å². The van der Waals surface area contributed by atoms with Crippen molar-refractivity contribution >= 4 is 15.7 Å². The van der Waals surface area contributed by atoms with Crippen LogP contribution in [-0.2, 0) is 9.84 Å². The molecule has 2 fully saturated rings. The summed E-state index contributed by atoms with van der Waals surface area (Å²) in [6, 6.07) is 8.99. The van der Waals surface area contributed by atoms with Crippen molar-refractivity contribution in [1.29, 1.82) is 0 Å². The molecule has 8 heteroatoms. The summed E-state index contributed by atoms with van der Waals surface area (Å²) in [5, 5.41) is 4.05. The average Bonchev–Trinajstić information content (AvgIpc) is 3.45. The largest absolute Gasteiger partial charge is 0.437 e. The van der Waals surface area contributed by atoms with E-state index in [-0.39, 0.29) is 23.6 Å². The summed E-state index contributed by atoms with van der Waals surface area (Å²) in [4.78, 5) is 22.0. The van der Waals surface area contributed by atoms with Crippen LogP contribution in [0.15, 0.2) is 48.0 Å². The Labute approximate surface area is 182 Å². The fourth-order valence-corrected chi connectivity index (χ4v) is 4.33. The molecule has 2 aliphatic carbocycles. The molecule has 0 unspecified atom stereocenters. The number of nitrogens with zero attached hydrogens (tertiary/aromatic N) is 2. The van der Waals surface area contributed by atoms with Crippen LogP contribution in [0.2, 0.25) is 0 Å². The van der Waals surface area contributed by atoms with Gasteiger partial charge in [-0.3, -0.25) is 9.78 Å². The fourth-order valence-electron chi connectivity index (χ4n) is 3.88. The highest BCUT2D eigenvalue weighted by molar-refractivity contribution is 7.93. The molecule has 0 radical (unpaired) electrons. The van der Waals surface area contributed by atoms with Crippen LogP contribution in [0.25, 0.3) is 0 Å². The van der Waals surface area contributed by atoms with Crippen molar-refractivity contribution in [3.05, 3.63) is 59.4 Å². The molecule has 4 rings (SSSR count). The maximum Gasteiger partial charge on any atom is 0.272 e. The third kappa shape index (κ3) is 5.91. The topological polar surface area (TPSA) is 98.2 Å². The number of aromatic nitrogens is 2. The molecule has 7 nitrogen and oxygen atoms in total. The number of carbonyl (C=O) groups excluding carboxylic acids is 1. The van der Waals surface area contributed by atoms with Gasteiger partial charge in [0.1, 0.15) is 11.4 Å². The van der Waals surface area contributed by atoms with Gasteiger partial charge in [0.2, 0.25) is 5.88 Å². The number of rotatable bonds is 8. The molecule has 0 saturated heterocycles. The van der Waals surface area contributed by atoms with Crippen molar-refractivity contribution in [3.8, 4) is 11.6 Å². The van der Waals surface area contributed by atoms with Gasteiger partial charge in [-0.05, 0) is 43.7 Å². The molecule has 164 valence electrons. The summed E-state index contributed by atoms with van der Waals surface area (Å²) in [6.45, 7) is 0. The smallest absolute Gasteiger partial charge is 0.272 e. The van der Waals surface area contributed by atoms with Crippen LogP contribution >= 0.6 is 0 Å². The van der Waals surface area contributed by atoms with Crippen molar-refractivity contribution in [3.63, 3.8) is 0 Å². The van der Waals surface area contributed by atoms with Crippen molar-refractivity contribution in [2.24, 2.45) is 5.92 Å². The SMILES string of the molecule is CS(=O)(=O)/C=C/[C@@H](NC(=O)c1cnc(C2CCCC2)c(Oc2ccccc2)n1)C1CC1. The molecule has 2 saturated carbocycles. The molecule has 1 atom stereocenters. The van der Waals surface area contributed by atoms with Gasteiger partial charge in [0.25, 0.3) is 5.91 Å². The lowest BCUT2D eigenvalue weighted by atomic mass is 10.0. The molecule has 2 aromatic rings. The molecule has 2 aliphatic rings. The van der Waals surface area contributed by atoms with Crippen LogP contribution in [0, 0.1) is 5.92 Å². The first-order valence-electron chi connectivity index (χ1n) is 10.7. The third-order valence-corrected chi connectivity index (χ3v) is 6.31. The minimum absolute atomic E-state index is 0.158. The first kappa shape index (κ1) is 21.5. The van der Waals surface area contributed by atoms with Crippen LogP contribution in [-0.4, -0.2) is 36.6 Å². The van der Waals surface area contributed by atoms with Crippen LogP contribution in [0.5, 0.6) is 11.6 Å². The Bertz CT molecular complexity index is 1060. The first-order valence-corrected chi connectivity index (χ1v) is 12.6. The van der Waals surface area contributed by atoms with Gasteiger partial charge in [0, 0.05) is 17.6 Å². The van der Waals surface area contributed by atoms with Crippen molar-refractivity contribution in [1.82, 2.24) is 15.3 Å². The van der Waals surface area contributed by atoms with Gasteiger partial charge in [-0.15, -0.1) is 0 Å². The predicted molar refractivity (Wildman–Crippen MR) is 118 cm³/mol. The molecule has 1 amide bonds. The molecule has 1 aromatic heterocycles. The predicted octanol–water partition coefficient (Wildman–Crippen LogP) is 3.99. The van der Waals surface area contributed by atoms with E-state index in [1.165, 1.54) is 6.20 Å². The number of ether oxygens (including phenoxy) is 1. The number of hydrogen-bond donors (Lipinski definition) is 1. The third-order valence-electron chi connectivity index (χ3n) is 5.66. The van der Waals surface area contributed by atoms with E-state index in [2.05, 4.69) is 15.3 Å². The summed E-state index contributed by atoms with van der Waals surface area (Å²) in [5.74, 6) is 1.13. The van der Waals surface area contributed by atoms with E-state index in [4.69, 9.17) is 4.74 Å². The average molecular weight is 442 g/mol. The zero-order valence-corrected chi connectivity index (χ0v) is 18.3. The molecule has 0 aliphatic heterocycles. The van der Waals surface area contributed by atoms with E-state index in [1.54, 1.807) is 6.08 Å². The number of carbonyl (C=O) groups is 1. The van der Waals surface area contributed by atoms with Crippen LogP contribution in [0.4, 0.5) is 0 Å². The monoisotopic (exact) mass is 441 g/mol. The second-order valence-corrected chi connectivity index (χ2v) is 10.3. The Morgan fingerprint density at radius 1 is 1.16 bits per heavy atom. The van der Waals surface area contributed by atoms with Crippen LogP contribution in [0.3, 0.4) is 0 Å². The Morgan fingerprint density at radius 2 is 1.87 bits per heavy atom. The molecular formula is C23H27N3O4S. The standard InChI is InChI=1S/C23H27N3O4S/c1-31(28,29)14-13-19(16-11-12-16)25-22(27)20-15-24-21(17-7-5-6-8-17)23(26-20)30-18-9-3-2-4-10-18/h2-4,9-10,13-17,19H,5-8,11-12H2,1H3,(H,25,27)/b14-13+/t19-/m1/s1. The highest BCUT2D eigenvalue weighted by Crippen LogP contribution is 2.38. The van der Waals surface area contributed by atoms with E-state index < -0.39 is 15.7 Å². The van der Waals surface area contributed by atoms with Crippen LogP contribution in [0.1, 0.15) is 60.6 Å². The Balaban J connectivity index is 1.57. The summed E-state index contributed by atoms with van der Waals surface area (Å²) in [6.07, 6.45) is 10.4. The summed E-state index contributed by atoms with van der Waals surface area (Å²) >= 11 is 0. The highest BCUT2D eigenvalue weighted by Gasteiger charge is 2.32. The van der Waals surface area contributed by atoms with Crippen LogP contribution < -0.4 is 10.1 Å². The molecule has 0 bridgehead atoms. The highest BCUT2D eigenvalue weighted by atomic mass is 32.2. The van der Waals surface area contributed by atoms with E-state index in [0.717, 1.165) is 55.9 Å². The summed E-state index contributed by atoms with van der Waals surface area (Å²) < 4.78 is 29.0. The van der Waals surface area contributed by atoms with Gasteiger partial charge in [-0.2, -0.15) is 0 Å². The van der Waals surface area contributed by atoms with Crippen molar-refractivity contribution in [2.45, 2.75) is 50.5 Å². The van der Waals surface area contributed by atoms with Gasteiger partial charge in [0.05, 0.1) is 12.2 Å². The summed E-state index contributed by atoms with van der Waals surface area (Å²) in [5.41, 5.74) is 0.944. The quantitative estimate of drug-likeness (QED) is 0.665. The maximum absolute atomic E-state index is 12.9. The zero-order valence-electron chi connectivity index (χ0n) is 17.5. The number of nitrogens with one attached hydrogen (secondary N) is 1. The molecule has 1 N–H and O–H groups in total. The van der Waals surface area contributed by atoms with E-state index in [0.29, 0.717) is 11.6 Å². The second kappa shape index (κ2) is 9.18. The van der Waals surface area contributed by atoms with Gasteiger partial charge in [-0.1, -0.05) is 37.1 Å². The number of sulfone groups is 1. The lowest BCUT2D eigenvalue weighted by Crippen LogP contribution is -2.35. The minimum Gasteiger partial charge on any atom is -0.437 e. The van der Waals surface area contributed by atoms with E-state index in [9.17, 15) is 13.2 Å². The Morgan fingerprint density at radius 3 is 2.52 bits per heavy atom. The summed E-state index contributed by atoms with van der Waals surface area (Å²) in [7, 11) is -3.26. The van der Waals surface area contributed by atoms with Crippen molar-refractivity contribution in [2.75, 3.05) is 6.26 Å². The fraction of sp³-hybridized carbons (Fsp3) is 0.435. The van der Waals surface area contributed by atoms with Gasteiger partial charge >= 0.3 is 0 Å². The number of amides is 1. The van der Waals surface area contributed by atoms with Gasteiger partial charge < -0.3 is 10.1 Å². The minimum atomic E-state index is -3.26. The lowest BCUT2D eigenvalue weighted by Gasteiger charge is -2.17. The number of benzene rings is 1. The second-order valence-electron chi connectivity index (χ2n) is 8.34. The molecule has 31 heavy (non-hydrogen) atoms. The maximum atomic E-state index is 12.9. The first-order chi connectivity index (χ1) is 14.9. The number of hydrogen-bond acceptors (Lipinski definition) is 6. The van der Waals surface area contributed by atoms with E-state index >= 15 is 0 Å². The lowest BCUT2D eigenvalue weighted by molar-refractivity contribution is 0.0934. The molecule has 1 aromatic carbocycles.